The molecule has 0 saturated heterocycles. The van der Waals surface area contributed by atoms with Crippen molar-refractivity contribution in [1.82, 2.24) is 0 Å². The van der Waals surface area contributed by atoms with Gasteiger partial charge in [0.1, 0.15) is 6.61 Å². The van der Waals surface area contributed by atoms with Crippen LogP contribution in [0.1, 0.15) is 127 Å². The van der Waals surface area contributed by atoms with Gasteiger partial charge in [-0.1, -0.05) is 52.3 Å². The number of hydrogen-bond acceptors (Lipinski definition) is 8. The van der Waals surface area contributed by atoms with Gasteiger partial charge >= 0.3 is 17.9 Å². The van der Waals surface area contributed by atoms with Crippen molar-refractivity contribution >= 4 is 29.4 Å². The minimum atomic E-state index is -0.674. The molecule has 0 heterocycles. The number of carbonyl (C=O) groups is 4. The zero-order valence-corrected chi connectivity index (χ0v) is 28.8. The molecule has 4 rings (SSSR count). The van der Waals surface area contributed by atoms with E-state index in [2.05, 4.69) is 46.7 Å². The molecular formula is C36H55NO7. The van der Waals surface area contributed by atoms with E-state index in [0.717, 1.165) is 69.1 Å². The number of hydrogen-bond donors (Lipinski definition) is 0. The molecule has 4 saturated carbocycles. The summed E-state index contributed by atoms with van der Waals surface area (Å²) in [4.78, 5) is 55.3. The van der Waals surface area contributed by atoms with Gasteiger partial charge < -0.3 is 14.3 Å². The average Bonchev–Trinajstić information content (AvgIpc) is 2.92. The maximum absolute atomic E-state index is 13.4. The van der Waals surface area contributed by atoms with Crippen molar-refractivity contribution in [2.45, 2.75) is 127 Å². The molecule has 0 radical (unpaired) electrons. The van der Waals surface area contributed by atoms with Crippen LogP contribution < -0.4 is 0 Å². The Balaban J connectivity index is 1.80. The fourth-order valence-corrected chi connectivity index (χ4v) is 10.3. The molecular weight excluding hydrogens is 558 g/mol. The van der Waals surface area contributed by atoms with E-state index in [9.17, 15) is 19.2 Å². The molecule has 4 fully saturated rings. The van der Waals surface area contributed by atoms with Gasteiger partial charge in [-0.25, -0.2) is 4.79 Å². The zero-order chi connectivity index (χ0) is 32.9. The van der Waals surface area contributed by atoms with Crippen LogP contribution >= 0.6 is 0 Å². The number of oxime groups is 1. The summed E-state index contributed by atoms with van der Waals surface area (Å²) in [5, 5.41) is 4.30. The minimum absolute atomic E-state index is 0.00560. The molecule has 0 bridgehead atoms. The molecule has 8 heteroatoms. The number of esters is 2. The topological polar surface area (TPSA) is 108 Å². The maximum Gasteiger partial charge on any atom is 0.331 e. The first kappa shape index (κ1) is 34.4. The van der Waals surface area contributed by atoms with Crippen LogP contribution in [0.4, 0.5) is 0 Å². The lowest BCUT2D eigenvalue weighted by atomic mass is 9.38. The summed E-state index contributed by atoms with van der Waals surface area (Å²) < 4.78 is 11.1. The third-order valence-corrected chi connectivity index (χ3v) is 13.0. The Hall–Kier alpha value is -2.51. The van der Waals surface area contributed by atoms with Crippen LogP contribution in [0.3, 0.4) is 0 Å². The quantitative estimate of drug-likeness (QED) is 0.133. The van der Waals surface area contributed by atoms with E-state index in [1.54, 1.807) is 6.92 Å². The number of carbonyl (C=O) groups excluding carboxylic acids is 4. The van der Waals surface area contributed by atoms with Crippen molar-refractivity contribution in [2.75, 3.05) is 13.7 Å². The Morgan fingerprint density at radius 3 is 2.11 bits per heavy atom. The van der Waals surface area contributed by atoms with Gasteiger partial charge in [-0.05, 0) is 111 Å². The highest BCUT2D eigenvalue weighted by Gasteiger charge is 2.66. The second-order valence-electron chi connectivity index (χ2n) is 16.3. The van der Waals surface area contributed by atoms with Crippen molar-refractivity contribution in [2.24, 2.45) is 49.5 Å². The average molecular weight is 614 g/mol. The molecule has 4 aliphatic carbocycles. The number of rotatable bonds is 6. The van der Waals surface area contributed by atoms with Gasteiger partial charge in [0, 0.05) is 19.3 Å². The SMILES string of the molecule is COC(=O)[C@]12CCC(C)(C)CC1C[C@](C)([C@]1(C)CC[C@H]3C(C)(COC(C)=O)C(=NOC(C)=O)CC[C@]3(C)/C1=C/C(C)=O)CC2. The molecule has 0 N–H and O–H groups in total. The summed E-state index contributed by atoms with van der Waals surface area (Å²) in [5.41, 5.74) is 0.109. The third kappa shape index (κ3) is 5.68. The van der Waals surface area contributed by atoms with E-state index in [1.165, 1.54) is 21.0 Å². The van der Waals surface area contributed by atoms with Crippen LogP contribution in [0.5, 0.6) is 0 Å². The molecule has 2 unspecified atom stereocenters. The number of fused-ring (bicyclic) bond motifs is 2. The molecule has 0 aromatic rings. The summed E-state index contributed by atoms with van der Waals surface area (Å²) in [6.07, 6.45) is 10.3. The van der Waals surface area contributed by atoms with Crippen LogP contribution in [0.25, 0.3) is 0 Å². The van der Waals surface area contributed by atoms with Crippen molar-refractivity contribution in [3.63, 3.8) is 0 Å². The predicted molar refractivity (Wildman–Crippen MR) is 168 cm³/mol. The third-order valence-electron chi connectivity index (χ3n) is 13.0. The van der Waals surface area contributed by atoms with Crippen molar-refractivity contribution in [3.05, 3.63) is 11.6 Å². The lowest BCUT2D eigenvalue weighted by molar-refractivity contribution is -0.174. The second kappa shape index (κ2) is 11.7. The highest BCUT2D eigenvalue weighted by molar-refractivity contribution is 5.93. The second-order valence-corrected chi connectivity index (χ2v) is 16.3. The van der Waals surface area contributed by atoms with Crippen molar-refractivity contribution < 1.29 is 33.5 Å². The first-order valence-electron chi connectivity index (χ1n) is 16.5. The largest absolute Gasteiger partial charge is 0.469 e. The zero-order valence-electron chi connectivity index (χ0n) is 28.8. The number of ether oxygens (including phenoxy) is 2. The number of allylic oxidation sites excluding steroid dienone is 2. The van der Waals surface area contributed by atoms with E-state index in [1.807, 2.05) is 6.08 Å². The van der Waals surface area contributed by atoms with Gasteiger partial charge in [-0.3, -0.25) is 14.4 Å². The number of ketones is 1. The van der Waals surface area contributed by atoms with E-state index in [0.29, 0.717) is 6.42 Å². The Labute approximate surface area is 264 Å². The van der Waals surface area contributed by atoms with E-state index in [-0.39, 0.29) is 57.8 Å². The van der Waals surface area contributed by atoms with E-state index < -0.39 is 16.8 Å². The molecule has 7 atom stereocenters. The Morgan fingerprint density at radius 1 is 0.864 bits per heavy atom. The lowest BCUT2D eigenvalue weighted by Crippen LogP contribution is -2.61. The van der Waals surface area contributed by atoms with Crippen LogP contribution in [0, 0.1) is 44.3 Å². The van der Waals surface area contributed by atoms with Crippen LogP contribution in [-0.2, 0) is 33.5 Å². The minimum Gasteiger partial charge on any atom is -0.469 e. The first-order valence-corrected chi connectivity index (χ1v) is 16.5. The fourth-order valence-electron chi connectivity index (χ4n) is 10.3. The molecule has 0 amide bonds. The first-order chi connectivity index (χ1) is 20.3. The summed E-state index contributed by atoms with van der Waals surface area (Å²) in [7, 11) is 1.52. The Bertz CT molecular complexity index is 1270. The molecule has 0 aromatic heterocycles. The standard InChI is InChI=1S/C36H55NO7/c1-23(38)19-28-33(7)13-12-29(37-44-25(3)40)34(8,22-43-24(2)39)27(33)11-14-35(28,9)32(6)16-18-36(30(41)42-10)17-15-31(4,5)20-26(36)21-32/h19,26-27H,11-18,20-22H2,1-10H3/b28-19-,37-29?/t26?,27-,32-,33+,34?,35-,36+/m1/s1. The van der Waals surface area contributed by atoms with Crippen molar-refractivity contribution in [3.8, 4) is 0 Å². The smallest absolute Gasteiger partial charge is 0.331 e. The highest BCUT2D eigenvalue weighted by Crippen LogP contribution is 2.72. The van der Waals surface area contributed by atoms with Crippen LogP contribution in [0.2, 0.25) is 0 Å². The normalized spacial score (nSPS) is 41.7. The molecule has 0 aliphatic heterocycles. The summed E-state index contributed by atoms with van der Waals surface area (Å²) >= 11 is 0. The van der Waals surface area contributed by atoms with E-state index in [4.69, 9.17) is 14.3 Å². The molecule has 0 spiro atoms. The molecule has 8 nitrogen and oxygen atoms in total. The Morgan fingerprint density at radius 2 is 1.52 bits per heavy atom. The summed E-state index contributed by atoms with van der Waals surface area (Å²) in [6, 6.07) is 0. The van der Waals surface area contributed by atoms with Gasteiger partial charge in [-0.15, -0.1) is 0 Å². The Kier molecular flexibility index (Phi) is 9.13. The van der Waals surface area contributed by atoms with Crippen LogP contribution in [-0.4, -0.2) is 43.1 Å². The van der Waals surface area contributed by atoms with E-state index >= 15 is 0 Å². The number of methoxy groups -OCH3 is 1. The maximum atomic E-state index is 13.4. The summed E-state index contributed by atoms with van der Waals surface area (Å²) in [5.74, 6) is -0.685. The van der Waals surface area contributed by atoms with Gasteiger partial charge in [0.25, 0.3) is 0 Å². The van der Waals surface area contributed by atoms with Crippen molar-refractivity contribution in [1.29, 1.82) is 0 Å². The van der Waals surface area contributed by atoms with Gasteiger partial charge in [0.05, 0.1) is 18.2 Å². The lowest BCUT2D eigenvalue weighted by Gasteiger charge is -2.66. The predicted octanol–water partition coefficient (Wildman–Crippen LogP) is 7.38. The van der Waals surface area contributed by atoms with Gasteiger partial charge in [0.15, 0.2) is 5.78 Å². The molecule has 4 aliphatic rings. The highest BCUT2D eigenvalue weighted by atomic mass is 16.7. The molecule has 44 heavy (non-hydrogen) atoms. The number of nitrogens with zero attached hydrogens (tertiary/aromatic N) is 1. The fraction of sp³-hybridized carbons (Fsp3) is 0.806. The summed E-state index contributed by atoms with van der Waals surface area (Å²) in [6.45, 7) is 18.2. The van der Waals surface area contributed by atoms with Crippen LogP contribution in [0.15, 0.2) is 16.8 Å². The van der Waals surface area contributed by atoms with Gasteiger partial charge in [-0.2, -0.15) is 0 Å². The molecule has 246 valence electrons. The monoisotopic (exact) mass is 613 g/mol. The van der Waals surface area contributed by atoms with Gasteiger partial charge in [0.2, 0.25) is 0 Å². The molecule has 0 aromatic carbocycles.